The minimum Gasteiger partial charge on any atom is -0.414 e. The highest BCUT2D eigenvalue weighted by atomic mass is 28.4. The molecule has 1 fully saturated rings. The number of rotatable bonds is 2. The Labute approximate surface area is 147 Å². The van der Waals surface area contributed by atoms with Crippen LogP contribution in [0, 0.1) is 17.3 Å². The standard InChI is InChI=1S/C21H30O2Si/c1-21-12-11-17-16-8-6-15(22)13-14(16)5-7-18(17)19(21)9-10-20(21)23-24(2,3)4/h11-13,18-20H,5-10H2,1-4H3/t18-,19+,20?,21+/m1/s1. The Hall–Kier alpha value is -0.933. The van der Waals surface area contributed by atoms with Crippen molar-refractivity contribution in [3.05, 3.63) is 34.9 Å². The number of carbonyl (C=O) groups excluding carboxylic acids is 1. The molecule has 4 aliphatic rings. The molecule has 0 spiro atoms. The molecule has 3 heteroatoms. The fraction of sp³-hybridized carbons (Fsp3) is 0.667. The third kappa shape index (κ3) is 2.60. The van der Waals surface area contributed by atoms with Gasteiger partial charge in [0.15, 0.2) is 14.1 Å². The van der Waals surface area contributed by atoms with Gasteiger partial charge in [0.1, 0.15) is 0 Å². The van der Waals surface area contributed by atoms with E-state index in [4.69, 9.17) is 4.43 Å². The van der Waals surface area contributed by atoms with Crippen LogP contribution in [-0.2, 0) is 9.22 Å². The summed E-state index contributed by atoms with van der Waals surface area (Å²) in [6.07, 6.45) is 13.6. The summed E-state index contributed by atoms with van der Waals surface area (Å²) in [5.41, 5.74) is 4.58. The molecule has 24 heavy (non-hydrogen) atoms. The summed E-state index contributed by atoms with van der Waals surface area (Å²) < 4.78 is 6.59. The topological polar surface area (TPSA) is 26.3 Å². The maximum absolute atomic E-state index is 11.8. The first kappa shape index (κ1) is 16.5. The number of fused-ring (bicyclic) bond motifs is 4. The van der Waals surface area contributed by atoms with Crippen LogP contribution < -0.4 is 0 Å². The lowest BCUT2D eigenvalue weighted by atomic mass is 9.60. The molecule has 1 saturated carbocycles. The van der Waals surface area contributed by atoms with Crippen molar-refractivity contribution in [2.75, 3.05) is 0 Å². The Morgan fingerprint density at radius 2 is 1.92 bits per heavy atom. The van der Waals surface area contributed by atoms with Crippen molar-refractivity contribution in [2.24, 2.45) is 17.3 Å². The summed E-state index contributed by atoms with van der Waals surface area (Å²) in [6.45, 7) is 9.35. The Morgan fingerprint density at radius 1 is 1.12 bits per heavy atom. The van der Waals surface area contributed by atoms with Gasteiger partial charge in [-0.15, -0.1) is 0 Å². The number of carbonyl (C=O) groups is 1. The lowest BCUT2D eigenvalue weighted by Crippen LogP contribution is -2.44. The molecule has 0 aromatic heterocycles. The van der Waals surface area contributed by atoms with E-state index in [0.29, 0.717) is 30.1 Å². The molecule has 1 unspecified atom stereocenters. The quantitative estimate of drug-likeness (QED) is 0.646. The van der Waals surface area contributed by atoms with Gasteiger partial charge in [0.05, 0.1) is 6.10 Å². The lowest BCUT2D eigenvalue weighted by molar-refractivity contribution is -0.114. The highest BCUT2D eigenvalue weighted by molar-refractivity contribution is 6.69. The van der Waals surface area contributed by atoms with Crippen molar-refractivity contribution in [1.29, 1.82) is 0 Å². The second-order valence-corrected chi connectivity index (χ2v) is 13.8. The smallest absolute Gasteiger partial charge is 0.184 e. The van der Waals surface area contributed by atoms with E-state index in [0.717, 1.165) is 12.8 Å². The third-order valence-corrected chi connectivity index (χ3v) is 7.64. The van der Waals surface area contributed by atoms with Gasteiger partial charge < -0.3 is 4.43 Å². The second-order valence-electron chi connectivity index (χ2n) is 9.32. The first-order valence-corrected chi connectivity index (χ1v) is 13.0. The number of allylic oxidation sites excluding steroid dienone is 5. The molecule has 0 heterocycles. The first-order chi connectivity index (χ1) is 11.3. The van der Waals surface area contributed by atoms with Crippen LogP contribution in [0.5, 0.6) is 0 Å². The maximum atomic E-state index is 11.8. The van der Waals surface area contributed by atoms with Crippen molar-refractivity contribution in [3.63, 3.8) is 0 Å². The number of hydrogen-bond acceptors (Lipinski definition) is 2. The average molecular weight is 343 g/mol. The van der Waals surface area contributed by atoms with Gasteiger partial charge in [0.2, 0.25) is 0 Å². The molecule has 0 aromatic carbocycles. The van der Waals surface area contributed by atoms with Crippen LogP contribution in [0.3, 0.4) is 0 Å². The van der Waals surface area contributed by atoms with Gasteiger partial charge in [-0.3, -0.25) is 4.79 Å². The molecule has 0 aliphatic heterocycles. The molecule has 0 N–H and O–H groups in total. The van der Waals surface area contributed by atoms with Gasteiger partial charge in [-0.25, -0.2) is 0 Å². The normalized spacial score (nSPS) is 38.6. The van der Waals surface area contributed by atoms with E-state index in [9.17, 15) is 4.79 Å². The molecule has 0 bridgehead atoms. The zero-order valence-corrected chi connectivity index (χ0v) is 16.5. The Kier molecular flexibility index (Phi) is 3.81. The van der Waals surface area contributed by atoms with Gasteiger partial charge in [0, 0.05) is 11.8 Å². The first-order valence-electron chi connectivity index (χ1n) is 9.62. The van der Waals surface area contributed by atoms with E-state index in [1.54, 1.807) is 5.57 Å². The molecule has 130 valence electrons. The highest BCUT2D eigenvalue weighted by Crippen LogP contribution is 2.58. The highest BCUT2D eigenvalue weighted by Gasteiger charge is 2.52. The second kappa shape index (κ2) is 5.53. The van der Waals surface area contributed by atoms with Crippen LogP contribution in [-0.4, -0.2) is 20.2 Å². The molecule has 4 aliphatic carbocycles. The van der Waals surface area contributed by atoms with Gasteiger partial charge in [-0.05, 0) is 86.4 Å². The molecular formula is C21H30O2Si. The molecule has 0 radical (unpaired) electrons. The summed E-state index contributed by atoms with van der Waals surface area (Å²) >= 11 is 0. The van der Waals surface area contributed by atoms with Gasteiger partial charge in [-0.1, -0.05) is 19.1 Å². The van der Waals surface area contributed by atoms with Crippen LogP contribution >= 0.6 is 0 Å². The summed E-state index contributed by atoms with van der Waals surface area (Å²) in [7, 11) is -1.52. The largest absolute Gasteiger partial charge is 0.414 e. The third-order valence-electron chi connectivity index (χ3n) is 6.65. The molecule has 4 atom stereocenters. The molecular weight excluding hydrogens is 312 g/mol. The van der Waals surface area contributed by atoms with Crippen molar-refractivity contribution in [1.82, 2.24) is 0 Å². The zero-order chi connectivity index (χ0) is 17.1. The minimum atomic E-state index is -1.52. The van der Waals surface area contributed by atoms with Crippen molar-refractivity contribution in [2.45, 2.75) is 71.2 Å². The summed E-state index contributed by atoms with van der Waals surface area (Å²) in [5.74, 6) is 1.71. The fourth-order valence-electron chi connectivity index (χ4n) is 5.59. The van der Waals surface area contributed by atoms with Gasteiger partial charge in [0.25, 0.3) is 0 Å². The van der Waals surface area contributed by atoms with Crippen molar-refractivity contribution >= 4 is 14.1 Å². The zero-order valence-electron chi connectivity index (χ0n) is 15.5. The number of hydrogen-bond donors (Lipinski definition) is 0. The molecule has 0 aromatic rings. The Morgan fingerprint density at radius 3 is 2.67 bits per heavy atom. The van der Waals surface area contributed by atoms with Crippen LogP contribution in [0.2, 0.25) is 19.6 Å². The van der Waals surface area contributed by atoms with E-state index < -0.39 is 8.32 Å². The molecule has 0 amide bonds. The van der Waals surface area contributed by atoms with E-state index in [1.165, 1.54) is 30.4 Å². The summed E-state index contributed by atoms with van der Waals surface area (Å²) in [6, 6.07) is 0. The summed E-state index contributed by atoms with van der Waals surface area (Å²) in [4.78, 5) is 11.8. The average Bonchev–Trinajstić information content (AvgIpc) is 2.82. The fourth-order valence-corrected chi connectivity index (χ4v) is 6.81. The van der Waals surface area contributed by atoms with Crippen LogP contribution in [0.4, 0.5) is 0 Å². The van der Waals surface area contributed by atoms with E-state index in [-0.39, 0.29) is 5.41 Å². The predicted molar refractivity (Wildman–Crippen MR) is 100 cm³/mol. The van der Waals surface area contributed by atoms with Crippen LogP contribution in [0.1, 0.15) is 45.4 Å². The summed E-state index contributed by atoms with van der Waals surface area (Å²) in [5, 5.41) is 0. The predicted octanol–water partition coefficient (Wildman–Crippen LogP) is 5.19. The molecule has 4 rings (SSSR count). The van der Waals surface area contributed by atoms with Crippen molar-refractivity contribution in [3.8, 4) is 0 Å². The monoisotopic (exact) mass is 342 g/mol. The van der Waals surface area contributed by atoms with Crippen LogP contribution in [0.25, 0.3) is 0 Å². The Bertz CT molecular complexity index is 664. The van der Waals surface area contributed by atoms with E-state index in [2.05, 4.69) is 38.7 Å². The van der Waals surface area contributed by atoms with Gasteiger partial charge >= 0.3 is 0 Å². The van der Waals surface area contributed by atoms with E-state index >= 15 is 0 Å². The molecule has 0 saturated heterocycles. The van der Waals surface area contributed by atoms with E-state index in [1.807, 2.05) is 6.08 Å². The minimum absolute atomic E-state index is 0.195. The maximum Gasteiger partial charge on any atom is 0.184 e. The van der Waals surface area contributed by atoms with Gasteiger partial charge in [-0.2, -0.15) is 0 Å². The van der Waals surface area contributed by atoms with Crippen molar-refractivity contribution < 1.29 is 9.22 Å². The number of ketones is 1. The lowest BCUT2D eigenvalue weighted by Gasteiger charge is -2.46. The van der Waals surface area contributed by atoms with Crippen LogP contribution in [0.15, 0.2) is 34.9 Å². The molecule has 2 nitrogen and oxygen atoms in total. The Balaban J connectivity index is 1.70. The SMILES string of the molecule is C[C@]12C=CC3=C4CCC(=O)C=C4CC[C@H]3[C@@H]1CCC2O[Si](C)(C)C.